The molecule has 0 bridgehead atoms. The Morgan fingerprint density at radius 2 is 2.33 bits per heavy atom. The van der Waals surface area contributed by atoms with E-state index in [1.165, 1.54) is 0 Å². The zero-order chi connectivity index (χ0) is 9.19. The molecular weight excluding hydrogens is 178 g/mol. The highest BCUT2D eigenvalue weighted by molar-refractivity contribution is 7.88. The van der Waals surface area contributed by atoms with Crippen LogP contribution < -0.4 is 4.72 Å². The SMILES string of the molecule is C=NN1CC[C@@H](NS(C)(=O)=O)C1. The van der Waals surface area contributed by atoms with Crippen molar-refractivity contribution in [2.24, 2.45) is 5.10 Å². The van der Waals surface area contributed by atoms with Crippen LogP contribution in [0, 0.1) is 0 Å². The highest BCUT2D eigenvalue weighted by atomic mass is 32.2. The number of hydrazone groups is 1. The van der Waals surface area contributed by atoms with E-state index in [1.54, 1.807) is 5.01 Å². The molecule has 1 saturated heterocycles. The summed E-state index contributed by atoms with van der Waals surface area (Å²) >= 11 is 0. The maximum absolute atomic E-state index is 10.8. The lowest BCUT2D eigenvalue weighted by atomic mass is 10.3. The predicted molar refractivity (Wildman–Crippen MR) is 47.5 cm³/mol. The van der Waals surface area contributed by atoms with E-state index in [0.717, 1.165) is 19.2 Å². The van der Waals surface area contributed by atoms with Crippen LogP contribution in [0.4, 0.5) is 0 Å². The Balaban J connectivity index is 2.43. The molecule has 0 spiro atoms. The normalized spacial score (nSPS) is 24.4. The summed E-state index contributed by atoms with van der Waals surface area (Å²) in [7, 11) is -3.08. The van der Waals surface area contributed by atoms with Gasteiger partial charge in [-0.05, 0) is 6.42 Å². The van der Waals surface area contributed by atoms with Gasteiger partial charge in [-0.25, -0.2) is 13.1 Å². The molecule has 1 rings (SSSR count). The van der Waals surface area contributed by atoms with Gasteiger partial charge in [-0.2, -0.15) is 5.10 Å². The Hall–Kier alpha value is -0.620. The van der Waals surface area contributed by atoms with Gasteiger partial charge in [0.1, 0.15) is 0 Å². The highest BCUT2D eigenvalue weighted by Crippen LogP contribution is 2.08. The number of hydrogen-bond donors (Lipinski definition) is 1. The Bertz CT molecular complexity index is 262. The molecule has 0 radical (unpaired) electrons. The van der Waals surface area contributed by atoms with Gasteiger partial charge in [0.25, 0.3) is 0 Å². The van der Waals surface area contributed by atoms with E-state index >= 15 is 0 Å². The molecule has 0 aromatic heterocycles. The van der Waals surface area contributed by atoms with Gasteiger partial charge >= 0.3 is 0 Å². The monoisotopic (exact) mass is 191 g/mol. The lowest BCUT2D eigenvalue weighted by molar-refractivity contribution is 0.356. The lowest BCUT2D eigenvalue weighted by Crippen LogP contribution is -2.35. The molecule has 1 aliphatic heterocycles. The van der Waals surface area contributed by atoms with Crippen LogP contribution in [-0.2, 0) is 10.0 Å². The van der Waals surface area contributed by atoms with E-state index in [1.807, 2.05) is 0 Å². The lowest BCUT2D eigenvalue weighted by Gasteiger charge is -2.11. The minimum absolute atomic E-state index is 0.00880. The average molecular weight is 191 g/mol. The Kier molecular flexibility index (Phi) is 2.69. The van der Waals surface area contributed by atoms with Crippen LogP contribution in [-0.4, -0.2) is 45.5 Å². The van der Waals surface area contributed by atoms with Gasteiger partial charge in [-0.1, -0.05) is 0 Å². The third kappa shape index (κ3) is 2.78. The van der Waals surface area contributed by atoms with Crippen molar-refractivity contribution >= 4 is 16.7 Å². The van der Waals surface area contributed by atoms with Gasteiger partial charge in [-0.15, -0.1) is 0 Å². The Labute approximate surface area is 72.5 Å². The number of sulfonamides is 1. The summed E-state index contributed by atoms with van der Waals surface area (Å²) < 4.78 is 24.1. The zero-order valence-corrected chi connectivity index (χ0v) is 7.84. The molecule has 0 aromatic rings. The van der Waals surface area contributed by atoms with E-state index in [4.69, 9.17) is 0 Å². The van der Waals surface area contributed by atoms with Gasteiger partial charge in [-0.3, -0.25) is 5.01 Å². The van der Waals surface area contributed by atoms with Gasteiger partial charge in [0.15, 0.2) is 0 Å². The number of hydrogen-bond acceptors (Lipinski definition) is 4. The summed E-state index contributed by atoms with van der Waals surface area (Å²) in [4.78, 5) is 0. The molecule has 1 fully saturated rings. The molecule has 0 amide bonds. The first-order valence-corrected chi connectivity index (χ1v) is 5.59. The van der Waals surface area contributed by atoms with Gasteiger partial charge in [0.2, 0.25) is 10.0 Å². The third-order valence-corrected chi connectivity index (χ3v) is 2.51. The fourth-order valence-electron chi connectivity index (χ4n) is 1.27. The highest BCUT2D eigenvalue weighted by Gasteiger charge is 2.23. The van der Waals surface area contributed by atoms with Crippen molar-refractivity contribution in [3.05, 3.63) is 0 Å². The zero-order valence-electron chi connectivity index (χ0n) is 7.02. The van der Waals surface area contributed by atoms with Crippen LogP contribution in [0.2, 0.25) is 0 Å². The first kappa shape index (κ1) is 9.47. The third-order valence-electron chi connectivity index (χ3n) is 1.75. The van der Waals surface area contributed by atoms with Crippen LogP contribution in [0.1, 0.15) is 6.42 Å². The van der Waals surface area contributed by atoms with Crippen LogP contribution >= 0.6 is 0 Å². The molecule has 0 aliphatic carbocycles. The Morgan fingerprint density at radius 1 is 1.67 bits per heavy atom. The van der Waals surface area contributed by atoms with E-state index in [2.05, 4.69) is 16.5 Å². The standard InChI is InChI=1S/C6H13N3O2S/c1-7-9-4-3-6(5-9)8-12(2,10)11/h6,8H,1,3-5H2,2H3/t6-/m1/s1. The number of nitrogens with zero attached hydrogens (tertiary/aromatic N) is 2. The maximum atomic E-state index is 10.8. The molecule has 0 unspecified atom stereocenters. The molecule has 12 heavy (non-hydrogen) atoms. The smallest absolute Gasteiger partial charge is 0.209 e. The Morgan fingerprint density at radius 3 is 2.75 bits per heavy atom. The van der Waals surface area contributed by atoms with Crippen molar-refractivity contribution in [3.63, 3.8) is 0 Å². The minimum Gasteiger partial charge on any atom is -0.296 e. The van der Waals surface area contributed by atoms with Gasteiger partial charge in [0.05, 0.1) is 12.8 Å². The first-order chi connectivity index (χ1) is 5.51. The molecular formula is C6H13N3O2S. The van der Waals surface area contributed by atoms with Gasteiger partial charge < -0.3 is 0 Å². The summed E-state index contributed by atoms with van der Waals surface area (Å²) in [6.45, 7) is 4.77. The van der Waals surface area contributed by atoms with Crippen molar-refractivity contribution < 1.29 is 8.42 Å². The van der Waals surface area contributed by atoms with Crippen molar-refractivity contribution in [3.8, 4) is 0 Å². The quantitative estimate of drug-likeness (QED) is 0.596. The molecule has 1 heterocycles. The average Bonchev–Trinajstić information content (AvgIpc) is 2.32. The summed E-state index contributed by atoms with van der Waals surface area (Å²) in [6, 6.07) is -0.00880. The molecule has 0 saturated carbocycles. The molecule has 1 atom stereocenters. The van der Waals surface area contributed by atoms with E-state index < -0.39 is 10.0 Å². The minimum atomic E-state index is -3.08. The van der Waals surface area contributed by atoms with Crippen LogP contribution in [0.25, 0.3) is 0 Å². The molecule has 70 valence electrons. The maximum Gasteiger partial charge on any atom is 0.209 e. The second kappa shape index (κ2) is 3.40. The molecule has 5 nitrogen and oxygen atoms in total. The number of nitrogens with one attached hydrogen (secondary N) is 1. The predicted octanol–water partition coefficient (Wildman–Crippen LogP) is -0.774. The summed E-state index contributed by atoms with van der Waals surface area (Å²) in [5.74, 6) is 0. The van der Waals surface area contributed by atoms with E-state index in [9.17, 15) is 8.42 Å². The second-order valence-corrected chi connectivity index (χ2v) is 4.71. The van der Waals surface area contributed by atoms with Crippen molar-refractivity contribution in [1.82, 2.24) is 9.73 Å². The van der Waals surface area contributed by atoms with Crippen LogP contribution in [0.3, 0.4) is 0 Å². The topological polar surface area (TPSA) is 61.8 Å². The number of rotatable bonds is 3. The molecule has 6 heteroatoms. The second-order valence-electron chi connectivity index (χ2n) is 2.93. The van der Waals surface area contributed by atoms with Crippen LogP contribution in [0.5, 0.6) is 0 Å². The largest absolute Gasteiger partial charge is 0.296 e. The van der Waals surface area contributed by atoms with Crippen LogP contribution in [0.15, 0.2) is 5.10 Å². The summed E-state index contributed by atoms with van der Waals surface area (Å²) in [5.41, 5.74) is 0. The van der Waals surface area contributed by atoms with E-state index in [0.29, 0.717) is 6.54 Å². The fraction of sp³-hybridized carbons (Fsp3) is 0.833. The van der Waals surface area contributed by atoms with Crippen molar-refractivity contribution in [2.45, 2.75) is 12.5 Å². The molecule has 1 aliphatic rings. The summed E-state index contributed by atoms with van der Waals surface area (Å²) in [5, 5.41) is 5.47. The van der Waals surface area contributed by atoms with Gasteiger partial charge in [0, 0.05) is 19.3 Å². The molecule has 1 N–H and O–H groups in total. The molecule has 0 aromatic carbocycles. The summed E-state index contributed by atoms with van der Waals surface area (Å²) in [6.07, 6.45) is 1.96. The fourth-order valence-corrected chi connectivity index (χ4v) is 2.07. The van der Waals surface area contributed by atoms with Crippen molar-refractivity contribution in [2.75, 3.05) is 19.3 Å². The first-order valence-electron chi connectivity index (χ1n) is 3.70. The van der Waals surface area contributed by atoms with Crippen molar-refractivity contribution in [1.29, 1.82) is 0 Å². The van der Waals surface area contributed by atoms with E-state index in [-0.39, 0.29) is 6.04 Å².